The fourth-order valence-electron chi connectivity index (χ4n) is 20.2. The molecule has 2 saturated carbocycles. The molecular formula is C101H142N12O23S. The van der Waals surface area contributed by atoms with E-state index in [1.54, 1.807) is 31.7 Å². The number of carbonyl (C=O) groups excluding carboxylic acids is 10. The van der Waals surface area contributed by atoms with E-state index >= 15 is 0 Å². The zero-order chi connectivity index (χ0) is 98.0. The number of nitrogens with zero attached hydrogens (tertiary/aromatic N) is 4. The van der Waals surface area contributed by atoms with Crippen LogP contribution in [0.15, 0.2) is 84.9 Å². The summed E-state index contributed by atoms with van der Waals surface area (Å²) in [6, 6.07) is 23.3. The summed E-state index contributed by atoms with van der Waals surface area (Å²) in [5.41, 5.74) is 7.25. The predicted molar refractivity (Wildman–Crippen MR) is 510 cm³/mol. The van der Waals surface area contributed by atoms with Crippen molar-refractivity contribution in [2.45, 2.75) is 238 Å². The van der Waals surface area contributed by atoms with Gasteiger partial charge >= 0.3 is 0 Å². The fraction of sp³-hybridized carbons (Fsp3) is 0.624. The fourth-order valence-corrected chi connectivity index (χ4v) is 20.6. The number of nitrogens with one attached hydrogen (secondary N) is 8. The van der Waals surface area contributed by atoms with Crippen molar-refractivity contribution in [1.29, 1.82) is 0 Å². The normalized spacial score (nSPS) is 21.0. The van der Waals surface area contributed by atoms with Gasteiger partial charge in [0.1, 0.15) is 42.3 Å². The Kier molecular flexibility index (Phi) is 41.3. The number of aryl methyl sites for hydroxylation is 2. The van der Waals surface area contributed by atoms with E-state index in [1.807, 2.05) is 97.4 Å². The lowest BCUT2D eigenvalue weighted by Crippen LogP contribution is -2.60. The van der Waals surface area contributed by atoms with Crippen molar-refractivity contribution in [2.24, 2.45) is 28.6 Å². The molecule has 0 saturated heterocycles. The van der Waals surface area contributed by atoms with Crippen LogP contribution in [0.4, 0.5) is 11.4 Å². The van der Waals surface area contributed by atoms with Crippen molar-refractivity contribution < 1.29 is 109 Å². The molecule has 6 aliphatic rings. The molecule has 1 aliphatic heterocycles. The monoisotopic (exact) mass is 1920 g/mol. The van der Waals surface area contributed by atoms with Crippen LogP contribution >= 0.6 is 0 Å². The molecule has 2 unspecified atom stereocenters. The van der Waals surface area contributed by atoms with Gasteiger partial charge in [-0.1, -0.05) is 127 Å². The van der Waals surface area contributed by atoms with E-state index in [4.69, 9.17) is 47.2 Å². The van der Waals surface area contributed by atoms with E-state index in [0.717, 1.165) is 110 Å². The number of anilines is 2. The van der Waals surface area contributed by atoms with E-state index in [1.165, 1.54) is 5.56 Å². The summed E-state index contributed by atoms with van der Waals surface area (Å²) in [5.74, 6) is 1.45. The number of carbonyl (C=O) groups is 10. The molecule has 0 bridgehead atoms. The molecule has 0 spiro atoms. The topological polar surface area (TPSA) is 459 Å². The number of ether oxygens (including phenoxy) is 9. The first-order chi connectivity index (χ1) is 65.9. The molecule has 1 aromatic heterocycles. The third kappa shape index (κ3) is 30.9. The van der Waals surface area contributed by atoms with Gasteiger partial charge in [-0.3, -0.25) is 57.8 Å². The first-order valence-corrected chi connectivity index (χ1v) is 50.4. The van der Waals surface area contributed by atoms with E-state index in [0.29, 0.717) is 102 Å². The number of unbranched alkanes of at least 4 members (excludes halogenated alkanes) is 1. The molecule has 137 heavy (non-hydrogen) atoms. The molecular weight excluding hydrogens is 1780 g/mol. The van der Waals surface area contributed by atoms with Crippen LogP contribution in [0.25, 0.3) is 0 Å². The first-order valence-electron chi connectivity index (χ1n) is 48.8. The zero-order valence-corrected chi connectivity index (χ0v) is 81.4. The van der Waals surface area contributed by atoms with Crippen LogP contribution < -0.4 is 47.4 Å². The number of aromatic hydroxyl groups is 1. The van der Waals surface area contributed by atoms with Gasteiger partial charge in [-0.05, 0) is 196 Å². The highest BCUT2D eigenvalue weighted by atomic mass is 32.2. The second kappa shape index (κ2) is 52.7. The lowest BCUT2D eigenvalue weighted by Gasteiger charge is -2.56. The maximum atomic E-state index is 15.0. The summed E-state index contributed by atoms with van der Waals surface area (Å²) in [5, 5.41) is 42.3. The van der Waals surface area contributed by atoms with Gasteiger partial charge in [0.05, 0.1) is 147 Å². The summed E-state index contributed by atoms with van der Waals surface area (Å²) in [4.78, 5) is 140. The highest BCUT2D eigenvalue weighted by molar-refractivity contribution is 7.85. The van der Waals surface area contributed by atoms with Gasteiger partial charge < -0.3 is 89.9 Å². The average molecular weight is 1920 g/mol. The van der Waals surface area contributed by atoms with Crippen molar-refractivity contribution in [1.82, 2.24) is 52.2 Å². The summed E-state index contributed by atoms with van der Waals surface area (Å²) >= 11 is 0. The Morgan fingerprint density at radius 2 is 1.07 bits per heavy atom. The number of benzene rings is 4. The largest absolute Gasteiger partial charge is 0.508 e. The highest BCUT2D eigenvalue weighted by Gasteiger charge is 2.59. The Morgan fingerprint density at radius 3 is 1.71 bits per heavy atom. The summed E-state index contributed by atoms with van der Waals surface area (Å²) < 4.78 is 83.5. The smallest absolute Gasteiger partial charge is 0.266 e. The number of phenolic OH excluding ortho intramolecular Hbond substituents is 1. The van der Waals surface area contributed by atoms with Gasteiger partial charge in [-0.25, -0.2) is 4.68 Å². The molecule has 5 aliphatic carbocycles. The number of imide groups is 1. The van der Waals surface area contributed by atoms with Crippen molar-refractivity contribution >= 4 is 80.6 Å². The molecule has 36 heteroatoms. The SMILES string of the molecule is CC(C)[C@H](NC(=O)[C@@H](CCCCNC(=O)COC1CCCCCc2c1nnn2CCOCCOCCOCCOCCC(=O)NCCS(=O)(=O)O)NC(=O)CCOCCOCCOCCOCCNC(=O)CCC(=O)N1Cc2ccccc2C#Cc2ccccc21)C(=O)N[C@@H](C)C(=O)Nc1ccc2c(c1)[C@@]1(C)CCC[C@](C)(C(=O)NC(=O)[C@@]3(C)CCC[C@]4(C)c5cc(O)ccc5CC[C@@H]34)C1CC2. The van der Waals surface area contributed by atoms with Crippen molar-refractivity contribution in [3.05, 3.63) is 135 Å². The van der Waals surface area contributed by atoms with E-state index in [2.05, 4.69) is 78.5 Å². The quantitative estimate of drug-likeness (QED) is 0.00756. The Morgan fingerprint density at radius 1 is 0.518 bits per heavy atom. The Hall–Kier alpha value is -10.2. The Labute approximate surface area is 804 Å². The van der Waals surface area contributed by atoms with Crippen LogP contribution in [0.2, 0.25) is 0 Å². The number of amides is 10. The van der Waals surface area contributed by atoms with Gasteiger partial charge in [0.2, 0.25) is 59.1 Å². The van der Waals surface area contributed by atoms with Crippen molar-refractivity contribution in [2.75, 3.05) is 148 Å². The molecule has 750 valence electrons. The minimum Gasteiger partial charge on any atom is -0.508 e. The van der Waals surface area contributed by atoms with Crippen LogP contribution in [-0.4, -0.2) is 248 Å². The summed E-state index contributed by atoms with van der Waals surface area (Å²) in [7, 11) is -4.15. The van der Waals surface area contributed by atoms with Crippen LogP contribution in [0, 0.1) is 40.4 Å². The molecule has 10 N–H and O–H groups in total. The number of hydrogen-bond donors (Lipinski definition) is 10. The predicted octanol–water partition coefficient (Wildman–Crippen LogP) is 8.34. The van der Waals surface area contributed by atoms with Crippen molar-refractivity contribution in [3.63, 3.8) is 0 Å². The lowest BCUT2D eigenvalue weighted by molar-refractivity contribution is -0.150. The first kappa shape index (κ1) is 107. The maximum Gasteiger partial charge on any atom is 0.266 e. The minimum atomic E-state index is -4.15. The van der Waals surface area contributed by atoms with Gasteiger partial charge in [-0.2, -0.15) is 8.42 Å². The maximum absolute atomic E-state index is 15.0. The van der Waals surface area contributed by atoms with E-state index < -0.39 is 91.8 Å². The van der Waals surface area contributed by atoms with E-state index in [9.17, 15) is 61.5 Å². The molecule has 35 nitrogen and oxygen atoms in total. The summed E-state index contributed by atoms with van der Waals surface area (Å²) in [6.45, 7) is 18.3. The molecule has 10 amide bonds. The molecule has 2 fully saturated rings. The zero-order valence-electron chi connectivity index (χ0n) is 80.6. The van der Waals surface area contributed by atoms with Crippen LogP contribution in [0.5, 0.6) is 5.75 Å². The highest BCUT2D eigenvalue weighted by Crippen LogP contribution is 2.60. The van der Waals surface area contributed by atoms with Gasteiger partial charge in [0.15, 0.2) is 0 Å². The molecule has 10 atom stereocenters. The standard InChI is InChI=1S/C101H142N12O23S/c1-69(2)91(95(122)105-70(3)93(120)106-76-32-28-72-30-34-84-98(4,78(72)65-76)40-17-42-100(84,6)96(123)109-97(124)101(7)43-18-41-99(5)79-66-77(114)33-29-73(79)31-35-85(99)101)108-94(121)80(107-88(117)39-49-129-53-57-133-60-62-134-58-54-130-50-45-103-86(115)36-37-90(119)112-67-75-21-12-11-19-71(75)26-27-74-20-13-14-23-81(74)112)22-15-16-44-102-89(118)68-136-83-25-10-8-9-24-82-92(83)110-111-113(82)47-51-131-55-59-135-63-61-132-56-52-128-48-38-87(116)104-46-64-137(125,126)127/h11-14,19-21,23,28-29,32-33,65-66,69-70,80,83-85,91,114H,8-10,15-18,22,24-25,30-31,34-64,67-68H2,1-7H3,(H,102,118)(H,103,115)(H,104,116)(H,105,122)(H,106,120)(H,107,117)(H,108,121)(H,109,123,124)(H,125,126,127)/t70-,80+,83?,84?,85+,91-,98+,99+,100-,101-/m0/s1. The second-order valence-electron chi connectivity index (χ2n) is 37.8. The second-order valence-corrected chi connectivity index (χ2v) is 39.4. The van der Waals surface area contributed by atoms with Crippen LogP contribution in [0.3, 0.4) is 0 Å². The lowest BCUT2D eigenvalue weighted by atomic mass is 9.49. The Bertz CT molecular complexity index is 5100. The molecule has 4 aromatic carbocycles. The van der Waals surface area contributed by atoms with E-state index in [-0.39, 0.29) is 184 Å². The average Bonchev–Trinajstić information content (AvgIpc) is 1.14. The number of fused-ring (bicyclic) bond motifs is 9. The summed E-state index contributed by atoms with van der Waals surface area (Å²) in [6.07, 6.45) is 12.0. The van der Waals surface area contributed by atoms with Crippen molar-refractivity contribution in [3.8, 4) is 17.6 Å². The molecule has 0 radical (unpaired) electrons. The number of hydrogen-bond acceptors (Lipinski definition) is 24. The number of aromatic nitrogens is 3. The molecule has 2 heterocycles. The number of phenols is 1. The van der Waals surface area contributed by atoms with Gasteiger partial charge in [0.25, 0.3) is 10.1 Å². The third-order valence-corrected chi connectivity index (χ3v) is 28.4. The molecule has 11 rings (SSSR count). The van der Waals surface area contributed by atoms with Gasteiger partial charge in [-0.15, -0.1) is 5.10 Å². The minimum absolute atomic E-state index is 0.00449. The number of para-hydroxylation sites is 1. The number of rotatable bonds is 54. The van der Waals surface area contributed by atoms with Crippen LogP contribution in [-0.2, 0) is 144 Å². The van der Waals surface area contributed by atoms with Crippen LogP contribution in [0.1, 0.15) is 227 Å². The Balaban J connectivity index is 0.609. The van der Waals surface area contributed by atoms with Gasteiger partial charge in [0, 0.05) is 62.1 Å². The third-order valence-electron chi connectivity index (χ3n) is 27.7. The molecule has 5 aromatic rings.